The van der Waals surface area contributed by atoms with E-state index in [2.05, 4.69) is 16.5 Å². The van der Waals surface area contributed by atoms with Crippen molar-refractivity contribution in [1.29, 1.82) is 0 Å². The molecule has 1 heterocycles. The summed E-state index contributed by atoms with van der Waals surface area (Å²) >= 11 is 1.68. The molecule has 0 atom stereocenters. The number of primary amides is 1. The standard InChI is InChI=1S/C16H21N3O2S/c1-11-12(2)19(8-9-21-3)16(18-11)22-10-13-4-6-14(7-5-13)15(17)20/h4-7H,8-10H2,1-3H3,(H2,17,20). The Hall–Kier alpha value is -1.79. The molecule has 1 amide bonds. The van der Waals surface area contributed by atoms with Crippen LogP contribution in [0.2, 0.25) is 0 Å². The van der Waals surface area contributed by atoms with Gasteiger partial charge in [0.2, 0.25) is 5.91 Å². The molecule has 0 bridgehead atoms. The molecule has 2 aromatic rings. The highest BCUT2D eigenvalue weighted by molar-refractivity contribution is 7.98. The normalized spacial score (nSPS) is 10.9. The third kappa shape index (κ3) is 3.90. The maximum atomic E-state index is 11.1. The van der Waals surface area contributed by atoms with E-state index in [0.29, 0.717) is 12.2 Å². The number of thioether (sulfide) groups is 1. The van der Waals surface area contributed by atoms with Crippen molar-refractivity contribution < 1.29 is 9.53 Å². The predicted molar refractivity (Wildman–Crippen MR) is 88.1 cm³/mol. The van der Waals surface area contributed by atoms with E-state index in [1.165, 1.54) is 5.69 Å². The number of amides is 1. The average molecular weight is 319 g/mol. The highest BCUT2D eigenvalue weighted by Gasteiger charge is 2.11. The zero-order chi connectivity index (χ0) is 16.1. The smallest absolute Gasteiger partial charge is 0.248 e. The number of nitrogens with two attached hydrogens (primary N) is 1. The van der Waals surface area contributed by atoms with E-state index in [1.807, 2.05) is 19.1 Å². The molecule has 0 spiro atoms. The molecule has 0 aliphatic heterocycles. The van der Waals surface area contributed by atoms with Gasteiger partial charge < -0.3 is 15.0 Å². The first kappa shape index (κ1) is 16.6. The summed E-state index contributed by atoms with van der Waals surface area (Å²) in [5, 5.41) is 0.992. The number of rotatable bonds is 7. The van der Waals surface area contributed by atoms with Crippen LogP contribution in [0.5, 0.6) is 0 Å². The summed E-state index contributed by atoms with van der Waals surface area (Å²) in [4.78, 5) is 15.7. The first-order chi connectivity index (χ1) is 10.5. The molecule has 2 N–H and O–H groups in total. The molecule has 0 radical (unpaired) electrons. The monoisotopic (exact) mass is 319 g/mol. The van der Waals surface area contributed by atoms with Gasteiger partial charge in [0.05, 0.1) is 12.3 Å². The van der Waals surface area contributed by atoms with Crippen molar-refractivity contribution in [3.8, 4) is 0 Å². The third-order valence-electron chi connectivity index (χ3n) is 3.55. The van der Waals surface area contributed by atoms with E-state index in [-0.39, 0.29) is 0 Å². The molecule has 0 aliphatic carbocycles. The van der Waals surface area contributed by atoms with Gasteiger partial charge in [0.25, 0.3) is 0 Å². The highest BCUT2D eigenvalue weighted by atomic mass is 32.2. The van der Waals surface area contributed by atoms with Crippen LogP contribution in [-0.2, 0) is 17.0 Å². The van der Waals surface area contributed by atoms with Crippen molar-refractivity contribution in [3.63, 3.8) is 0 Å². The number of aromatic nitrogens is 2. The van der Waals surface area contributed by atoms with E-state index in [4.69, 9.17) is 10.5 Å². The number of nitrogens with zero attached hydrogens (tertiary/aromatic N) is 2. The first-order valence-corrected chi connectivity index (χ1v) is 8.05. The number of imidazole rings is 1. The summed E-state index contributed by atoms with van der Waals surface area (Å²) < 4.78 is 7.34. The number of methoxy groups -OCH3 is 1. The van der Waals surface area contributed by atoms with Gasteiger partial charge in [0, 0.05) is 30.7 Å². The Morgan fingerprint density at radius 3 is 2.59 bits per heavy atom. The minimum Gasteiger partial charge on any atom is -0.383 e. The van der Waals surface area contributed by atoms with Crippen molar-refractivity contribution in [2.45, 2.75) is 31.3 Å². The number of benzene rings is 1. The van der Waals surface area contributed by atoms with Gasteiger partial charge in [-0.15, -0.1) is 0 Å². The molecule has 5 nitrogen and oxygen atoms in total. The topological polar surface area (TPSA) is 70.1 Å². The first-order valence-electron chi connectivity index (χ1n) is 7.07. The number of ether oxygens (including phenoxy) is 1. The molecule has 0 aliphatic rings. The number of carbonyl (C=O) groups is 1. The van der Waals surface area contributed by atoms with Crippen LogP contribution in [0, 0.1) is 13.8 Å². The van der Waals surface area contributed by atoms with Crippen LogP contribution in [0.25, 0.3) is 0 Å². The number of hydrogen-bond donors (Lipinski definition) is 1. The molecule has 0 fully saturated rings. The van der Waals surface area contributed by atoms with Crippen molar-refractivity contribution in [1.82, 2.24) is 9.55 Å². The Kier molecular flexibility index (Phi) is 5.63. The van der Waals surface area contributed by atoms with Crippen LogP contribution in [-0.4, -0.2) is 29.2 Å². The second-order valence-corrected chi connectivity index (χ2v) is 6.00. The van der Waals surface area contributed by atoms with Crippen molar-refractivity contribution in [2.75, 3.05) is 13.7 Å². The van der Waals surface area contributed by atoms with E-state index in [0.717, 1.165) is 28.7 Å². The molecule has 0 saturated heterocycles. The largest absolute Gasteiger partial charge is 0.383 e. The van der Waals surface area contributed by atoms with Crippen LogP contribution >= 0.6 is 11.8 Å². The Labute approximate surface area is 134 Å². The second-order valence-electron chi connectivity index (χ2n) is 5.06. The molecule has 118 valence electrons. The maximum Gasteiger partial charge on any atom is 0.248 e. The van der Waals surface area contributed by atoms with Crippen molar-refractivity contribution in [2.24, 2.45) is 5.73 Å². The Balaban J connectivity index is 2.07. The third-order valence-corrected chi connectivity index (χ3v) is 4.60. The van der Waals surface area contributed by atoms with E-state index < -0.39 is 5.91 Å². The Morgan fingerprint density at radius 1 is 1.32 bits per heavy atom. The zero-order valence-electron chi connectivity index (χ0n) is 13.1. The lowest BCUT2D eigenvalue weighted by Crippen LogP contribution is -2.10. The van der Waals surface area contributed by atoms with Gasteiger partial charge in [0.1, 0.15) is 0 Å². The molecule has 1 aromatic heterocycles. The van der Waals surface area contributed by atoms with Gasteiger partial charge >= 0.3 is 0 Å². The predicted octanol–water partition coefficient (Wildman–Crippen LogP) is 2.54. The van der Waals surface area contributed by atoms with Gasteiger partial charge in [-0.1, -0.05) is 23.9 Å². The van der Waals surface area contributed by atoms with E-state index >= 15 is 0 Å². The summed E-state index contributed by atoms with van der Waals surface area (Å²) in [7, 11) is 1.70. The zero-order valence-corrected chi connectivity index (χ0v) is 13.9. The number of hydrogen-bond acceptors (Lipinski definition) is 4. The second kappa shape index (κ2) is 7.47. The lowest BCUT2D eigenvalue weighted by molar-refractivity contribution is 0.100. The fourth-order valence-electron chi connectivity index (χ4n) is 2.09. The highest BCUT2D eigenvalue weighted by Crippen LogP contribution is 2.24. The van der Waals surface area contributed by atoms with Crippen LogP contribution in [0.1, 0.15) is 27.3 Å². The molecule has 2 rings (SSSR count). The molecular formula is C16H21N3O2S. The van der Waals surface area contributed by atoms with E-state index in [1.54, 1.807) is 31.0 Å². The van der Waals surface area contributed by atoms with Crippen LogP contribution < -0.4 is 5.73 Å². The van der Waals surface area contributed by atoms with Crippen LogP contribution in [0.4, 0.5) is 0 Å². The van der Waals surface area contributed by atoms with Crippen LogP contribution in [0.15, 0.2) is 29.4 Å². The summed E-state index contributed by atoms with van der Waals surface area (Å²) in [6.07, 6.45) is 0. The van der Waals surface area contributed by atoms with Crippen molar-refractivity contribution in [3.05, 3.63) is 46.8 Å². The van der Waals surface area contributed by atoms with Gasteiger partial charge in [-0.05, 0) is 31.5 Å². The molecule has 22 heavy (non-hydrogen) atoms. The molecule has 0 saturated carbocycles. The van der Waals surface area contributed by atoms with E-state index in [9.17, 15) is 4.79 Å². The number of carbonyl (C=O) groups excluding carboxylic acids is 1. The lowest BCUT2D eigenvalue weighted by atomic mass is 10.1. The average Bonchev–Trinajstić information content (AvgIpc) is 2.78. The summed E-state index contributed by atoms with van der Waals surface area (Å²) in [5.74, 6) is 0.391. The summed E-state index contributed by atoms with van der Waals surface area (Å²) in [6.45, 7) is 5.55. The maximum absolute atomic E-state index is 11.1. The van der Waals surface area contributed by atoms with Crippen LogP contribution in [0.3, 0.4) is 0 Å². The van der Waals surface area contributed by atoms with Gasteiger partial charge in [-0.3, -0.25) is 4.79 Å². The minimum absolute atomic E-state index is 0.402. The molecular weight excluding hydrogens is 298 g/mol. The van der Waals surface area contributed by atoms with Gasteiger partial charge in [-0.2, -0.15) is 0 Å². The molecule has 0 unspecified atom stereocenters. The molecule has 6 heteroatoms. The quantitative estimate of drug-likeness (QED) is 0.796. The Bertz CT molecular complexity index is 650. The minimum atomic E-state index is -0.402. The lowest BCUT2D eigenvalue weighted by Gasteiger charge is -2.09. The van der Waals surface area contributed by atoms with Gasteiger partial charge in [-0.25, -0.2) is 4.98 Å². The van der Waals surface area contributed by atoms with Gasteiger partial charge in [0.15, 0.2) is 5.16 Å². The Morgan fingerprint density at radius 2 is 2.00 bits per heavy atom. The molecule has 1 aromatic carbocycles. The van der Waals surface area contributed by atoms with Crippen molar-refractivity contribution >= 4 is 17.7 Å². The SMILES string of the molecule is COCCn1c(SCc2ccc(C(N)=O)cc2)nc(C)c1C. The summed E-state index contributed by atoms with van der Waals surface area (Å²) in [6, 6.07) is 7.36. The summed E-state index contributed by atoms with van der Waals surface area (Å²) in [5.41, 5.74) is 9.12. The fraction of sp³-hybridized carbons (Fsp3) is 0.375. The number of aryl methyl sites for hydroxylation is 1. The fourth-order valence-corrected chi connectivity index (χ4v) is 3.17.